The minimum Gasteiger partial charge on any atom is -0.329 e. The molecule has 1 saturated heterocycles. The number of para-hydroxylation sites is 1. The van der Waals surface area contributed by atoms with Gasteiger partial charge in [0, 0.05) is 11.9 Å². The Morgan fingerprint density at radius 1 is 1.29 bits per heavy atom. The molecule has 1 amide bonds. The van der Waals surface area contributed by atoms with E-state index in [0.717, 1.165) is 0 Å². The Bertz CT molecular complexity index is 692. The fourth-order valence-corrected chi connectivity index (χ4v) is 2.43. The summed E-state index contributed by atoms with van der Waals surface area (Å²) >= 11 is 0. The molecule has 2 heterocycles. The van der Waals surface area contributed by atoms with Crippen molar-refractivity contribution in [2.45, 2.75) is 13.3 Å². The van der Waals surface area contributed by atoms with Crippen LogP contribution in [-0.2, 0) is 4.79 Å². The molecule has 21 heavy (non-hydrogen) atoms. The zero-order valence-electron chi connectivity index (χ0n) is 11.5. The number of carbonyl (C=O) groups is 1. The molecule has 1 aliphatic heterocycles. The lowest BCUT2D eigenvalue weighted by molar-refractivity contribution is -0.126. The van der Waals surface area contributed by atoms with Gasteiger partial charge in [-0.1, -0.05) is 12.1 Å². The van der Waals surface area contributed by atoms with Gasteiger partial charge < -0.3 is 9.80 Å². The van der Waals surface area contributed by atoms with Gasteiger partial charge in [-0.15, -0.1) is 0 Å². The number of alkyl halides is 2. The van der Waals surface area contributed by atoms with E-state index < -0.39 is 12.2 Å². The lowest BCUT2D eigenvalue weighted by Crippen LogP contribution is -2.27. The standard InChI is InChI=1S/C14H14F2N4O/c1-2-19-8-20(7-11(19)21)14-9-5-3-4-6-10(9)17-13(18-14)12(15)16/h3-6,12H,2,7-8H2,1H3. The molecule has 3 rings (SSSR count). The number of aromatic nitrogens is 2. The molecule has 0 radical (unpaired) electrons. The van der Waals surface area contributed by atoms with Crippen LogP contribution in [0.1, 0.15) is 19.2 Å². The average molecular weight is 292 g/mol. The maximum atomic E-state index is 13.0. The molecular weight excluding hydrogens is 278 g/mol. The highest BCUT2D eigenvalue weighted by Crippen LogP contribution is 2.28. The quantitative estimate of drug-likeness (QED) is 0.870. The zero-order chi connectivity index (χ0) is 15.0. The van der Waals surface area contributed by atoms with E-state index in [1.807, 2.05) is 6.92 Å². The van der Waals surface area contributed by atoms with Crippen molar-refractivity contribution in [3.8, 4) is 0 Å². The van der Waals surface area contributed by atoms with Crippen molar-refractivity contribution < 1.29 is 13.6 Å². The van der Waals surface area contributed by atoms with Crippen molar-refractivity contribution in [1.82, 2.24) is 14.9 Å². The zero-order valence-corrected chi connectivity index (χ0v) is 11.5. The minimum absolute atomic E-state index is 0.0289. The Balaban J connectivity index is 2.10. The van der Waals surface area contributed by atoms with Crippen LogP contribution in [-0.4, -0.2) is 40.5 Å². The summed E-state index contributed by atoms with van der Waals surface area (Å²) in [5, 5.41) is 0.674. The van der Waals surface area contributed by atoms with Crippen LogP contribution >= 0.6 is 0 Å². The van der Waals surface area contributed by atoms with Gasteiger partial charge in [0.05, 0.1) is 12.2 Å². The Labute approximate surface area is 120 Å². The molecule has 0 atom stereocenters. The molecule has 0 aliphatic carbocycles. The lowest BCUT2D eigenvalue weighted by atomic mass is 10.2. The normalized spacial score (nSPS) is 15.5. The predicted octanol–water partition coefficient (Wildman–Crippen LogP) is 2.19. The lowest BCUT2D eigenvalue weighted by Gasteiger charge is -2.19. The molecular formula is C14H14F2N4O. The minimum atomic E-state index is -2.74. The molecule has 7 heteroatoms. The number of rotatable bonds is 3. The van der Waals surface area contributed by atoms with Gasteiger partial charge >= 0.3 is 0 Å². The second kappa shape index (κ2) is 5.23. The summed E-state index contributed by atoms with van der Waals surface area (Å²) in [6.07, 6.45) is -2.74. The van der Waals surface area contributed by atoms with E-state index in [4.69, 9.17) is 0 Å². The summed E-state index contributed by atoms with van der Waals surface area (Å²) in [5.74, 6) is -0.148. The number of carbonyl (C=O) groups excluding carboxylic acids is 1. The second-order valence-electron chi connectivity index (χ2n) is 4.81. The van der Waals surface area contributed by atoms with Crippen LogP contribution in [0.15, 0.2) is 24.3 Å². The van der Waals surface area contributed by atoms with Gasteiger partial charge in [-0.3, -0.25) is 4.79 Å². The van der Waals surface area contributed by atoms with Gasteiger partial charge in [-0.05, 0) is 19.1 Å². The molecule has 1 aromatic heterocycles. The molecule has 110 valence electrons. The van der Waals surface area contributed by atoms with E-state index in [0.29, 0.717) is 29.9 Å². The second-order valence-corrected chi connectivity index (χ2v) is 4.81. The topological polar surface area (TPSA) is 49.3 Å². The van der Waals surface area contributed by atoms with Gasteiger partial charge in [0.15, 0.2) is 5.82 Å². The molecule has 2 aromatic rings. The first-order valence-corrected chi connectivity index (χ1v) is 6.67. The highest BCUT2D eigenvalue weighted by atomic mass is 19.3. The van der Waals surface area contributed by atoms with Crippen LogP contribution in [0.5, 0.6) is 0 Å². The molecule has 5 nitrogen and oxygen atoms in total. The monoisotopic (exact) mass is 292 g/mol. The molecule has 0 saturated carbocycles. The number of hydrogen-bond donors (Lipinski definition) is 0. The first kappa shape index (κ1) is 13.7. The van der Waals surface area contributed by atoms with E-state index in [9.17, 15) is 13.6 Å². The average Bonchev–Trinajstić information content (AvgIpc) is 2.87. The first-order valence-electron chi connectivity index (χ1n) is 6.67. The van der Waals surface area contributed by atoms with Crippen LogP contribution in [0.2, 0.25) is 0 Å². The summed E-state index contributed by atoms with van der Waals surface area (Å²) in [5.41, 5.74) is 0.459. The Kier molecular flexibility index (Phi) is 3.40. The Morgan fingerprint density at radius 2 is 2.05 bits per heavy atom. The van der Waals surface area contributed by atoms with E-state index in [1.54, 1.807) is 34.1 Å². The maximum absolute atomic E-state index is 13.0. The maximum Gasteiger partial charge on any atom is 0.297 e. The van der Waals surface area contributed by atoms with Gasteiger partial charge in [0.1, 0.15) is 12.4 Å². The third-order valence-corrected chi connectivity index (χ3v) is 3.50. The molecule has 0 bridgehead atoms. The van der Waals surface area contributed by atoms with Crippen molar-refractivity contribution in [3.63, 3.8) is 0 Å². The molecule has 0 N–H and O–H groups in total. The fourth-order valence-electron chi connectivity index (χ4n) is 2.43. The molecule has 1 aliphatic rings. The van der Waals surface area contributed by atoms with E-state index in [-0.39, 0.29) is 12.5 Å². The summed E-state index contributed by atoms with van der Waals surface area (Å²) in [4.78, 5) is 23.0. The van der Waals surface area contributed by atoms with Crippen LogP contribution < -0.4 is 4.90 Å². The predicted molar refractivity (Wildman–Crippen MR) is 74.1 cm³/mol. The van der Waals surface area contributed by atoms with Crippen LogP contribution in [0, 0.1) is 0 Å². The van der Waals surface area contributed by atoms with Crippen molar-refractivity contribution in [1.29, 1.82) is 0 Å². The highest BCUT2D eigenvalue weighted by Gasteiger charge is 2.29. The van der Waals surface area contributed by atoms with E-state index in [2.05, 4.69) is 9.97 Å². The number of anilines is 1. The molecule has 0 unspecified atom stereocenters. The summed E-state index contributed by atoms with van der Waals surface area (Å²) in [6, 6.07) is 6.98. The van der Waals surface area contributed by atoms with Crippen molar-refractivity contribution in [3.05, 3.63) is 30.1 Å². The Hall–Kier alpha value is -2.31. The van der Waals surface area contributed by atoms with Crippen LogP contribution in [0.3, 0.4) is 0 Å². The van der Waals surface area contributed by atoms with Crippen LogP contribution in [0.4, 0.5) is 14.6 Å². The number of fused-ring (bicyclic) bond motifs is 1. The third-order valence-electron chi connectivity index (χ3n) is 3.50. The number of likely N-dealkylation sites (N-methyl/N-ethyl adjacent to an activating group) is 1. The summed E-state index contributed by atoms with van der Waals surface area (Å²) in [6.45, 7) is 2.97. The van der Waals surface area contributed by atoms with Gasteiger partial charge in [-0.2, -0.15) is 0 Å². The van der Waals surface area contributed by atoms with Crippen molar-refractivity contribution in [2.75, 3.05) is 24.7 Å². The third kappa shape index (κ3) is 2.39. The van der Waals surface area contributed by atoms with Crippen LogP contribution in [0.25, 0.3) is 10.9 Å². The number of nitrogens with zero attached hydrogens (tertiary/aromatic N) is 4. The number of benzene rings is 1. The molecule has 0 spiro atoms. The van der Waals surface area contributed by atoms with Crippen molar-refractivity contribution >= 4 is 22.6 Å². The number of hydrogen-bond acceptors (Lipinski definition) is 4. The van der Waals surface area contributed by atoms with Gasteiger partial charge in [0.2, 0.25) is 5.91 Å². The number of amides is 1. The first-order chi connectivity index (χ1) is 10.1. The molecule has 1 fully saturated rings. The SMILES string of the molecule is CCN1CN(c2nc(C(F)F)nc3ccccc23)CC1=O. The summed E-state index contributed by atoms with van der Waals surface area (Å²) < 4.78 is 25.9. The fraction of sp³-hybridized carbons (Fsp3) is 0.357. The highest BCUT2D eigenvalue weighted by molar-refractivity contribution is 5.93. The Morgan fingerprint density at radius 3 is 2.71 bits per heavy atom. The number of halogens is 2. The largest absolute Gasteiger partial charge is 0.329 e. The van der Waals surface area contributed by atoms with E-state index >= 15 is 0 Å². The van der Waals surface area contributed by atoms with Gasteiger partial charge in [-0.25, -0.2) is 18.7 Å². The van der Waals surface area contributed by atoms with Gasteiger partial charge in [0.25, 0.3) is 6.43 Å². The smallest absolute Gasteiger partial charge is 0.297 e. The summed E-state index contributed by atoms with van der Waals surface area (Å²) in [7, 11) is 0. The molecule has 1 aromatic carbocycles. The van der Waals surface area contributed by atoms with E-state index in [1.165, 1.54) is 0 Å². The van der Waals surface area contributed by atoms with Crippen molar-refractivity contribution in [2.24, 2.45) is 0 Å².